The molecule has 64 valence electrons. The van der Waals surface area contributed by atoms with E-state index >= 15 is 0 Å². The standard InChI is InChI=1S/C9H16S2/c1-2-4-6-8-9(11-10-8)7-5-3-1/h8-9H,1-7H2. The van der Waals surface area contributed by atoms with Crippen LogP contribution in [0.2, 0.25) is 0 Å². The highest BCUT2D eigenvalue weighted by Gasteiger charge is 2.32. The fourth-order valence-corrected chi connectivity index (χ4v) is 4.98. The molecule has 2 unspecified atom stereocenters. The molecular weight excluding hydrogens is 172 g/mol. The third-order valence-corrected chi connectivity index (χ3v) is 6.42. The highest BCUT2D eigenvalue weighted by atomic mass is 33.1. The average molecular weight is 188 g/mol. The molecule has 0 bridgehead atoms. The Kier molecular flexibility index (Phi) is 3.08. The molecule has 11 heavy (non-hydrogen) atoms. The van der Waals surface area contributed by atoms with E-state index < -0.39 is 0 Å². The molecule has 0 N–H and O–H groups in total. The van der Waals surface area contributed by atoms with Gasteiger partial charge in [-0.1, -0.05) is 53.7 Å². The lowest BCUT2D eigenvalue weighted by atomic mass is 10.1. The van der Waals surface area contributed by atoms with Crippen LogP contribution in [0.1, 0.15) is 44.9 Å². The zero-order chi connectivity index (χ0) is 7.52. The van der Waals surface area contributed by atoms with Gasteiger partial charge in [-0.25, -0.2) is 0 Å². The summed E-state index contributed by atoms with van der Waals surface area (Å²) in [6.45, 7) is 0. The maximum atomic E-state index is 2.14. The summed E-state index contributed by atoms with van der Waals surface area (Å²) >= 11 is 0. The molecule has 0 aromatic rings. The van der Waals surface area contributed by atoms with Crippen LogP contribution in [0.15, 0.2) is 0 Å². The van der Waals surface area contributed by atoms with Crippen LogP contribution in [0.5, 0.6) is 0 Å². The van der Waals surface area contributed by atoms with Gasteiger partial charge in [-0.3, -0.25) is 0 Å². The smallest absolute Gasteiger partial charge is 0.0278 e. The summed E-state index contributed by atoms with van der Waals surface area (Å²) in [7, 11) is 4.28. The molecule has 0 aromatic carbocycles. The monoisotopic (exact) mass is 188 g/mol. The Morgan fingerprint density at radius 3 is 1.55 bits per heavy atom. The van der Waals surface area contributed by atoms with Gasteiger partial charge in [-0.05, 0) is 12.8 Å². The normalized spacial score (nSPS) is 39.3. The lowest BCUT2D eigenvalue weighted by molar-refractivity contribution is 0.626. The topological polar surface area (TPSA) is 0 Å². The van der Waals surface area contributed by atoms with Crippen LogP contribution >= 0.6 is 21.6 Å². The molecule has 2 atom stereocenters. The summed E-state index contributed by atoms with van der Waals surface area (Å²) in [5.74, 6) is 0. The molecule has 0 radical (unpaired) electrons. The van der Waals surface area contributed by atoms with E-state index in [-0.39, 0.29) is 0 Å². The van der Waals surface area contributed by atoms with Crippen molar-refractivity contribution in [3.63, 3.8) is 0 Å². The van der Waals surface area contributed by atoms with Crippen molar-refractivity contribution >= 4 is 21.6 Å². The van der Waals surface area contributed by atoms with Crippen LogP contribution < -0.4 is 0 Å². The van der Waals surface area contributed by atoms with Gasteiger partial charge in [-0.15, -0.1) is 0 Å². The Morgan fingerprint density at radius 2 is 1.09 bits per heavy atom. The lowest BCUT2D eigenvalue weighted by Gasteiger charge is -2.34. The lowest BCUT2D eigenvalue weighted by Crippen LogP contribution is -2.26. The Labute approximate surface area is 77.3 Å². The predicted molar refractivity (Wildman–Crippen MR) is 55.1 cm³/mol. The van der Waals surface area contributed by atoms with E-state index in [1.54, 1.807) is 0 Å². The molecule has 2 rings (SSSR count). The molecule has 1 heterocycles. The fourth-order valence-electron chi connectivity index (χ4n) is 1.90. The highest BCUT2D eigenvalue weighted by Crippen LogP contribution is 2.52. The van der Waals surface area contributed by atoms with Crippen LogP contribution in [0.4, 0.5) is 0 Å². The van der Waals surface area contributed by atoms with Gasteiger partial charge in [0.15, 0.2) is 0 Å². The van der Waals surface area contributed by atoms with Crippen LogP contribution in [-0.4, -0.2) is 10.5 Å². The van der Waals surface area contributed by atoms with Crippen LogP contribution in [0.3, 0.4) is 0 Å². The minimum atomic E-state index is 1.04. The van der Waals surface area contributed by atoms with Crippen LogP contribution in [-0.2, 0) is 0 Å². The summed E-state index contributed by atoms with van der Waals surface area (Å²) in [5.41, 5.74) is 0. The molecule has 1 saturated heterocycles. The van der Waals surface area contributed by atoms with Crippen LogP contribution in [0, 0.1) is 0 Å². The van der Waals surface area contributed by atoms with Gasteiger partial charge in [0, 0.05) is 10.5 Å². The summed E-state index contributed by atoms with van der Waals surface area (Å²) in [6.07, 6.45) is 10.5. The maximum Gasteiger partial charge on any atom is 0.0278 e. The van der Waals surface area contributed by atoms with E-state index in [1.807, 2.05) is 0 Å². The van der Waals surface area contributed by atoms with Crippen LogP contribution in [0.25, 0.3) is 0 Å². The quantitative estimate of drug-likeness (QED) is 0.529. The average Bonchev–Trinajstić information content (AvgIpc) is 2.04. The minimum absolute atomic E-state index is 1.04. The second kappa shape index (κ2) is 4.08. The third kappa shape index (κ3) is 2.09. The van der Waals surface area contributed by atoms with Crippen molar-refractivity contribution < 1.29 is 0 Å². The summed E-state index contributed by atoms with van der Waals surface area (Å²) in [4.78, 5) is 0. The first-order valence-electron chi connectivity index (χ1n) is 4.79. The molecule has 0 aromatic heterocycles. The number of hydrogen-bond donors (Lipinski definition) is 0. The van der Waals surface area contributed by atoms with E-state index in [0.29, 0.717) is 0 Å². The molecule has 2 heteroatoms. The molecule has 1 aliphatic heterocycles. The molecule has 0 nitrogen and oxygen atoms in total. The van der Waals surface area contributed by atoms with Crippen molar-refractivity contribution in [2.45, 2.75) is 55.4 Å². The second-order valence-corrected chi connectivity index (χ2v) is 6.37. The van der Waals surface area contributed by atoms with Gasteiger partial charge < -0.3 is 0 Å². The summed E-state index contributed by atoms with van der Waals surface area (Å²) in [6, 6.07) is 0. The van der Waals surface area contributed by atoms with E-state index in [4.69, 9.17) is 0 Å². The number of rotatable bonds is 0. The van der Waals surface area contributed by atoms with E-state index in [1.165, 1.54) is 44.9 Å². The SMILES string of the molecule is C1CCCC2SSC2CCC1. The number of fused-ring (bicyclic) bond motifs is 1. The van der Waals surface area contributed by atoms with Crippen molar-refractivity contribution in [2.24, 2.45) is 0 Å². The molecule has 0 spiro atoms. The summed E-state index contributed by atoms with van der Waals surface area (Å²) in [5, 5.41) is 2.08. The van der Waals surface area contributed by atoms with Gasteiger partial charge in [-0.2, -0.15) is 0 Å². The van der Waals surface area contributed by atoms with Crippen molar-refractivity contribution in [1.29, 1.82) is 0 Å². The predicted octanol–water partition coefficient (Wildman–Crippen LogP) is 3.86. The first-order chi connectivity index (χ1) is 5.47. The fraction of sp³-hybridized carbons (Fsp3) is 1.00. The Bertz CT molecular complexity index is 111. The van der Waals surface area contributed by atoms with E-state index in [9.17, 15) is 0 Å². The van der Waals surface area contributed by atoms with E-state index in [2.05, 4.69) is 21.6 Å². The first-order valence-corrected chi connectivity index (χ1v) is 7.06. The Hall–Kier alpha value is 0.700. The van der Waals surface area contributed by atoms with Crippen molar-refractivity contribution in [2.75, 3.05) is 0 Å². The zero-order valence-corrected chi connectivity index (χ0v) is 8.55. The first kappa shape index (κ1) is 8.31. The molecule has 1 aliphatic carbocycles. The van der Waals surface area contributed by atoms with Gasteiger partial charge in [0.1, 0.15) is 0 Å². The van der Waals surface area contributed by atoms with Crippen molar-refractivity contribution in [3.8, 4) is 0 Å². The van der Waals surface area contributed by atoms with Gasteiger partial charge in [0.05, 0.1) is 0 Å². The molecule has 1 saturated carbocycles. The Morgan fingerprint density at radius 1 is 0.636 bits per heavy atom. The van der Waals surface area contributed by atoms with Crippen molar-refractivity contribution in [3.05, 3.63) is 0 Å². The number of hydrogen-bond acceptors (Lipinski definition) is 2. The van der Waals surface area contributed by atoms with Gasteiger partial charge >= 0.3 is 0 Å². The van der Waals surface area contributed by atoms with E-state index in [0.717, 1.165) is 10.5 Å². The van der Waals surface area contributed by atoms with Crippen molar-refractivity contribution in [1.82, 2.24) is 0 Å². The summed E-state index contributed by atoms with van der Waals surface area (Å²) < 4.78 is 0. The molecule has 2 fully saturated rings. The second-order valence-electron chi connectivity index (χ2n) is 3.61. The van der Waals surface area contributed by atoms with Gasteiger partial charge in [0.2, 0.25) is 0 Å². The van der Waals surface area contributed by atoms with Gasteiger partial charge in [0.25, 0.3) is 0 Å². The Balaban J connectivity index is 1.81. The molecular formula is C9H16S2. The largest absolute Gasteiger partial charge is 0.0892 e. The minimum Gasteiger partial charge on any atom is -0.0892 e. The molecule has 2 aliphatic rings. The third-order valence-electron chi connectivity index (χ3n) is 2.69. The zero-order valence-electron chi connectivity index (χ0n) is 6.92. The maximum absolute atomic E-state index is 2.14. The highest BCUT2D eigenvalue weighted by molar-refractivity contribution is 8.80. The molecule has 0 amide bonds.